The number of aryl methyl sites for hydroxylation is 1. The second-order valence-electron chi connectivity index (χ2n) is 6.71. The smallest absolute Gasteiger partial charge is 0.243 e. The lowest BCUT2D eigenvalue weighted by Gasteiger charge is -2.30. The molecular formula is C20H25N3O3S. The Balaban J connectivity index is 1.55. The Hall–Kier alpha value is -2.25. The summed E-state index contributed by atoms with van der Waals surface area (Å²) in [7, 11) is -3.50. The van der Waals surface area contributed by atoms with E-state index in [1.807, 2.05) is 37.3 Å². The van der Waals surface area contributed by atoms with Gasteiger partial charge in [-0.2, -0.15) is 4.31 Å². The molecular weight excluding hydrogens is 362 g/mol. The summed E-state index contributed by atoms with van der Waals surface area (Å²) in [6, 6.07) is 12.6. The monoisotopic (exact) mass is 387 g/mol. The van der Waals surface area contributed by atoms with Crippen molar-refractivity contribution < 1.29 is 13.2 Å². The summed E-state index contributed by atoms with van der Waals surface area (Å²) in [5.41, 5.74) is 1.92. The van der Waals surface area contributed by atoms with Gasteiger partial charge in [-0.05, 0) is 49.1 Å². The molecule has 1 aliphatic heterocycles. The Kier molecular flexibility index (Phi) is 6.23. The van der Waals surface area contributed by atoms with E-state index in [9.17, 15) is 13.2 Å². The Bertz CT molecular complexity index is 859. The molecule has 0 atom stereocenters. The Morgan fingerprint density at radius 3 is 2.44 bits per heavy atom. The van der Waals surface area contributed by atoms with Crippen LogP contribution in [0.3, 0.4) is 0 Å². The number of nitrogens with one attached hydrogen (secondary N) is 1. The highest BCUT2D eigenvalue weighted by molar-refractivity contribution is 7.89. The molecule has 1 amide bonds. The number of pyridine rings is 1. The summed E-state index contributed by atoms with van der Waals surface area (Å²) in [6.45, 7) is 3.15. The minimum absolute atomic E-state index is 0.0370. The molecule has 1 fully saturated rings. The van der Waals surface area contributed by atoms with Crippen molar-refractivity contribution in [2.24, 2.45) is 5.92 Å². The molecule has 1 saturated heterocycles. The number of carbonyl (C=O) groups excluding carboxylic acids is 1. The van der Waals surface area contributed by atoms with Crippen molar-refractivity contribution in [3.8, 4) is 0 Å². The highest BCUT2D eigenvalue weighted by Gasteiger charge is 2.31. The number of benzene rings is 1. The average Bonchev–Trinajstić information content (AvgIpc) is 2.73. The minimum Gasteiger partial charge on any atom is -0.350 e. The van der Waals surface area contributed by atoms with Crippen molar-refractivity contribution in [2.75, 3.05) is 13.1 Å². The van der Waals surface area contributed by atoms with E-state index in [0.717, 1.165) is 17.7 Å². The fraction of sp³-hybridized carbons (Fsp3) is 0.400. The fourth-order valence-corrected chi connectivity index (χ4v) is 4.70. The van der Waals surface area contributed by atoms with Gasteiger partial charge in [0.25, 0.3) is 0 Å². The van der Waals surface area contributed by atoms with Gasteiger partial charge in [0.2, 0.25) is 15.9 Å². The van der Waals surface area contributed by atoms with Gasteiger partial charge in [-0.15, -0.1) is 0 Å². The molecule has 1 aromatic heterocycles. The van der Waals surface area contributed by atoms with E-state index in [-0.39, 0.29) is 11.8 Å². The third-order valence-corrected chi connectivity index (χ3v) is 6.88. The molecule has 1 N–H and O–H groups in total. The molecule has 27 heavy (non-hydrogen) atoms. The van der Waals surface area contributed by atoms with Crippen LogP contribution < -0.4 is 5.32 Å². The predicted octanol–water partition coefficient (Wildman–Crippen LogP) is 2.36. The van der Waals surface area contributed by atoms with Gasteiger partial charge >= 0.3 is 0 Å². The van der Waals surface area contributed by atoms with Gasteiger partial charge in [0.1, 0.15) is 0 Å². The minimum atomic E-state index is -3.50. The molecule has 144 valence electrons. The van der Waals surface area contributed by atoms with Gasteiger partial charge in [0.15, 0.2) is 0 Å². The number of hydrogen-bond acceptors (Lipinski definition) is 4. The Morgan fingerprint density at radius 2 is 1.85 bits per heavy atom. The summed E-state index contributed by atoms with van der Waals surface area (Å²) in [5.74, 6) is -0.201. The van der Waals surface area contributed by atoms with Crippen LogP contribution in [0.2, 0.25) is 0 Å². The van der Waals surface area contributed by atoms with E-state index in [0.29, 0.717) is 37.4 Å². The van der Waals surface area contributed by atoms with Gasteiger partial charge in [0.05, 0.1) is 17.1 Å². The molecule has 0 radical (unpaired) electrons. The zero-order valence-corrected chi connectivity index (χ0v) is 16.3. The maximum absolute atomic E-state index is 12.8. The van der Waals surface area contributed by atoms with E-state index in [2.05, 4.69) is 10.3 Å². The van der Waals surface area contributed by atoms with Gasteiger partial charge in [-0.1, -0.05) is 25.1 Å². The second kappa shape index (κ2) is 8.63. The summed E-state index contributed by atoms with van der Waals surface area (Å²) < 4.78 is 27.1. The summed E-state index contributed by atoms with van der Waals surface area (Å²) in [6.07, 6.45) is 3.62. The highest BCUT2D eigenvalue weighted by atomic mass is 32.2. The van der Waals surface area contributed by atoms with E-state index < -0.39 is 10.0 Å². The molecule has 0 unspecified atom stereocenters. The van der Waals surface area contributed by atoms with Crippen LogP contribution in [-0.2, 0) is 27.8 Å². The van der Waals surface area contributed by atoms with Crippen molar-refractivity contribution >= 4 is 15.9 Å². The normalized spacial score (nSPS) is 16.2. The van der Waals surface area contributed by atoms with Crippen molar-refractivity contribution in [3.05, 3.63) is 59.9 Å². The van der Waals surface area contributed by atoms with E-state index >= 15 is 0 Å². The van der Waals surface area contributed by atoms with Gasteiger partial charge in [0, 0.05) is 25.2 Å². The number of rotatable bonds is 6. The largest absolute Gasteiger partial charge is 0.350 e. The van der Waals surface area contributed by atoms with Crippen LogP contribution in [0.1, 0.15) is 31.0 Å². The highest BCUT2D eigenvalue weighted by Crippen LogP contribution is 2.24. The first-order valence-electron chi connectivity index (χ1n) is 9.27. The average molecular weight is 388 g/mol. The maximum atomic E-state index is 12.8. The second-order valence-corrected chi connectivity index (χ2v) is 8.65. The first-order chi connectivity index (χ1) is 13.0. The third kappa shape index (κ3) is 4.73. The quantitative estimate of drug-likeness (QED) is 0.825. The van der Waals surface area contributed by atoms with Crippen molar-refractivity contribution in [2.45, 2.75) is 37.6 Å². The molecule has 0 saturated carbocycles. The van der Waals surface area contributed by atoms with Gasteiger partial charge in [-0.25, -0.2) is 8.42 Å². The van der Waals surface area contributed by atoms with E-state index in [1.54, 1.807) is 18.3 Å². The molecule has 0 spiro atoms. The van der Waals surface area contributed by atoms with Gasteiger partial charge in [-0.3, -0.25) is 9.78 Å². The number of sulfonamides is 1. The number of hydrogen-bond donors (Lipinski definition) is 1. The number of aromatic nitrogens is 1. The molecule has 6 nitrogen and oxygen atoms in total. The van der Waals surface area contributed by atoms with Gasteiger partial charge < -0.3 is 5.32 Å². The third-order valence-electron chi connectivity index (χ3n) is 4.96. The summed E-state index contributed by atoms with van der Waals surface area (Å²) >= 11 is 0. The first-order valence-corrected chi connectivity index (χ1v) is 10.7. The zero-order chi connectivity index (χ0) is 19.3. The molecule has 7 heteroatoms. The van der Waals surface area contributed by atoms with Crippen LogP contribution in [0.5, 0.6) is 0 Å². The van der Waals surface area contributed by atoms with E-state index in [1.165, 1.54) is 4.31 Å². The summed E-state index contributed by atoms with van der Waals surface area (Å²) in [4.78, 5) is 16.9. The maximum Gasteiger partial charge on any atom is 0.243 e. The van der Waals surface area contributed by atoms with Crippen LogP contribution in [0, 0.1) is 5.92 Å². The molecule has 0 aliphatic carbocycles. The lowest BCUT2D eigenvalue weighted by molar-refractivity contribution is -0.126. The van der Waals surface area contributed by atoms with Crippen molar-refractivity contribution in [1.82, 2.24) is 14.6 Å². The van der Waals surface area contributed by atoms with Crippen LogP contribution in [0.25, 0.3) is 0 Å². The lowest BCUT2D eigenvalue weighted by atomic mass is 9.97. The fourth-order valence-electron chi connectivity index (χ4n) is 3.23. The van der Waals surface area contributed by atoms with E-state index in [4.69, 9.17) is 0 Å². The zero-order valence-electron chi connectivity index (χ0n) is 15.5. The molecule has 1 aromatic carbocycles. The topological polar surface area (TPSA) is 79.4 Å². The van der Waals surface area contributed by atoms with Crippen LogP contribution in [0.4, 0.5) is 0 Å². The Labute approximate surface area is 160 Å². The number of piperidine rings is 1. The molecule has 2 heterocycles. The lowest BCUT2D eigenvalue weighted by Crippen LogP contribution is -2.42. The molecule has 1 aliphatic rings. The van der Waals surface area contributed by atoms with Crippen LogP contribution in [0.15, 0.2) is 53.6 Å². The number of carbonyl (C=O) groups is 1. The standard InChI is InChI=1S/C20H25N3O3S/c1-2-16-6-8-19(9-7-16)27(25,26)23-13-10-17(11-14-23)20(24)22-15-18-5-3-4-12-21-18/h3-9,12,17H,2,10-11,13-15H2,1H3,(H,22,24). The van der Waals surface area contributed by atoms with Crippen LogP contribution >= 0.6 is 0 Å². The SMILES string of the molecule is CCc1ccc(S(=O)(=O)N2CCC(C(=O)NCc3ccccn3)CC2)cc1. The molecule has 0 bridgehead atoms. The number of amides is 1. The Morgan fingerprint density at radius 1 is 1.15 bits per heavy atom. The van der Waals surface area contributed by atoms with Crippen LogP contribution in [-0.4, -0.2) is 36.7 Å². The molecule has 3 rings (SSSR count). The first kappa shape index (κ1) is 19.5. The summed E-state index contributed by atoms with van der Waals surface area (Å²) in [5, 5.41) is 2.90. The van der Waals surface area contributed by atoms with Crippen molar-refractivity contribution in [3.63, 3.8) is 0 Å². The molecule has 2 aromatic rings. The predicted molar refractivity (Wildman–Crippen MR) is 103 cm³/mol. The van der Waals surface area contributed by atoms with Crippen molar-refractivity contribution in [1.29, 1.82) is 0 Å². The number of nitrogens with zero attached hydrogens (tertiary/aromatic N) is 2.